The average Bonchev–Trinajstić information content (AvgIpc) is 2.83. The molecule has 0 aliphatic heterocycles. The Morgan fingerprint density at radius 3 is 2.85 bits per heavy atom. The zero-order valence-electron chi connectivity index (χ0n) is 13.1. The number of hydrogen-bond acceptors (Lipinski definition) is 2. The Labute approximate surface area is 121 Å². The fraction of sp³-hybridized carbons (Fsp3) is 0.750. The van der Waals surface area contributed by atoms with E-state index in [2.05, 4.69) is 31.2 Å². The van der Waals surface area contributed by atoms with Crippen LogP contribution in [0.5, 0.6) is 0 Å². The van der Waals surface area contributed by atoms with Crippen molar-refractivity contribution in [1.29, 1.82) is 0 Å². The lowest BCUT2D eigenvalue weighted by Gasteiger charge is -2.27. The molecule has 1 aromatic heterocycles. The van der Waals surface area contributed by atoms with Gasteiger partial charge in [-0.1, -0.05) is 33.6 Å². The van der Waals surface area contributed by atoms with Crippen molar-refractivity contribution >= 4 is 5.91 Å². The van der Waals surface area contributed by atoms with Crippen LogP contribution in [0.3, 0.4) is 0 Å². The van der Waals surface area contributed by atoms with Crippen molar-refractivity contribution in [3.8, 4) is 0 Å². The normalized spacial score (nSPS) is 23.1. The van der Waals surface area contributed by atoms with Crippen LogP contribution >= 0.6 is 0 Å². The first-order chi connectivity index (χ1) is 9.51. The van der Waals surface area contributed by atoms with E-state index >= 15 is 0 Å². The van der Waals surface area contributed by atoms with E-state index in [0.29, 0.717) is 17.7 Å². The van der Waals surface area contributed by atoms with Gasteiger partial charge in [-0.15, -0.1) is 0 Å². The van der Waals surface area contributed by atoms with E-state index < -0.39 is 0 Å². The molecule has 0 aromatic carbocycles. The first-order valence-electron chi connectivity index (χ1n) is 7.89. The van der Waals surface area contributed by atoms with Gasteiger partial charge in [-0.25, -0.2) is 0 Å². The van der Waals surface area contributed by atoms with E-state index in [1.807, 2.05) is 17.7 Å². The molecule has 1 amide bonds. The molecule has 0 radical (unpaired) electrons. The number of aromatic nitrogens is 2. The molecule has 1 N–H and O–H groups in total. The summed E-state index contributed by atoms with van der Waals surface area (Å²) >= 11 is 0. The van der Waals surface area contributed by atoms with Crippen molar-refractivity contribution in [2.45, 2.75) is 71.9 Å². The molecule has 4 heteroatoms. The molecule has 4 nitrogen and oxygen atoms in total. The topological polar surface area (TPSA) is 46.9 Å². The summed E-state index contributed by atoms with van der Waals surface area (Å²) in [6, 6.07) is 2.27. The van der Waals surface area contributed by atoms with E-state index in [0.717, 1.165) is 31.0 Å². The SMILES string of the molecule is CCn1nc(C(C)C)cc1C(=O)N[C@@H]1CCC[C@H](C)C1. The Balaban J connectivity index is 2.08. The number of nitrogens with one attached hydrogen (secondary N) is 1. The second-order valence-corrected chi connectivity index (χ2v) is 6.37. The summed E-state index contributed by atoms with van der Waals surface area (Å²) in [6.45, 7) is 9.23. The van der Waals surface area contributed by atoms with Crippen LogP contribution in [0.1, 0.15) is 75.5 Å². The van der Waals surface area contributed by atoms with Gasteiger partial charge < -0.3 is 5.32 Å². The summed E-state index contributed by atoms with van der Waals surface area (Å²) in [5, 5.41) is 7.71. The number of hydrogen-bond donors (Lipinski definition) is 1. The predicted octanol–water partition coefficient (Wildman–Crippen LogP) is 3.33. The molecule has 20 heavy (non-hydrogen) atoms. The lowest BCUT2D eigenvalue weighted by Crippen LogP contribution is -2.38. The molecule has 0 saturated heterocycles. The maximum Gasteiger partial charge on any atom is 0.269 e. The first-order valence-corrected chi connectivity index (χ1v) is 7.89. The van der Waals surface area contributed by atoms with Gasteiger partial charge in [-0.2, -0.15) is 5.10 Å². The smallest absolute Gasteiger partial charge is 0.269 e. The van der Waals surface area contributed by atoms with Gasteiger partial charge in [0.2, 0.25) is 0 Å². The van der Waals surface area contributed by atoms with Crippen LogP contribution < -0.4 is 5.32 Å². The average molecular weight is 277 g/mol. The molecule has 1 aliphatic carbocycles. The standard InChI is InChI=1S/C16H27N3O/c1-5-19-15(10-14(18-19)11(2)3)16(20)17-13-8-6-7-12(4)9-13/h10-13H,5-9H2,1-4H3,(H,17,20)/t12-,13+/m0/s1. The lowest BCUT2D eigenvalue weighted by atomic mass is 9.87. The van der Waals surface area contributed by atoms with Crippen LogP contribution in [0, 0.1) is 5.92 Å². The molecule has 0 bridgehead atoms. The number of aryl methyl sites for hydroxylation is 1. The van der Waals surface area contributed by atoms with Gasteiger partial charge in [0.25, 0.3) is 5.91 Å². The molecule has 0 unspecified atom stereocenters. The molecule has 2 atom stereocenters. The minimum absolute atomic E-state index is 0.0327. The van der Waals surface area contributed by atoms with Crippen LogP contribution in [0.25, 0.3) is 0 Å². The minimum Gasteiger partial charge on any atom is -0.348 e. The maximum absolute atomic E-state index is 12.5. The lowest BCUT2D eigenvalue weighted by molar-refractivity contribution is 0.0910. The fourth-order valence-corrected chi connectivity index (χ4v) is 2.97. The molecule has 2 rings (SSSR count). The minimum atomic E-state index is 0.0327. The van der Waals surface area contributed by atoms with Crippen molar-refractivity contribution in [3.63, 3.8) is 0 Å². The van der Waals surface area contributed by atoms with Crippen molar-refractivity contribution in [1.82, 2.24) is 15.1 Å². The summed E-state index contributed by atoms with van der Waals surface area (Å²) in [5.41, 5.74) is 1.70. The third-order valence-electron chi connectivity index (χ3n) is 4.19. The van der Waals surface area contributed by atoms with Gasteiger partial charge >= 0.3 is 0 Å². The molecule has 1 heterocycles. The molecular weight excluding hydrogens is 250 g/mol. The van der Waals surface area contributed by atoms with Gasteiger partial charge in [-0.05, 0) is 37.7 Å². The Morgan fingerprint density at radius 2 is 2.25 bits per heavy atom. The van der Waals surface area contributed by atoms with Crippen molar-refractivity contribution in [2.24, 2.45) is 5.92 Å². The quantitative estimate of drug-likeness (QED) is 0.917. The monoisotopic (exact) mass is 277 g/mol. The van der Waals surface area contributed by atoms with Crippen LogP contribution in [0.4, 0.5) is 0 Å². The number of carbonyl (C=O) groups excluding carboxylic acids is 1. The van der Waals surface area contributed by atoms with Crippen LogP contribution in [-0.2, 0) is 6.54 Å². The van der Waals surface area contributed by atoms with Crippen molar-refractivity contribution < 1.29 is 4.79 Å². The maximum atomic E-state index is 12.5. The van der Waals surface area contributed by atoms with E-state index in [4.69, 9.17) is 0 Å². The summed E-state index contributed by atoms with van der Waals surface area (Å²) in [6.07, 6.45) is 4.71. The Bertz CT molecular complexity index is 464. The second-order valence-electron chi connectivity index (χ2n) is 6.37. The number of rotatable bonds is 4. The van der Waals surface area contributed by atoms with E-state index in [9.17, 15) is 4.79 Å². The third-order valence-corrected chi connectivity index (χ3v) is 4.19. The van der Waals surface area contributed by atoms with E-state index in [1.165, 1.54) is 12.8 Å². The number of nitrogens with zero attached hydrogens (tertiary/aromatic N) is 2. The highest BCUT2D eigenvalue weighted by molar-refractivity contribution is 5.92. The zero-order chi connectivity index (χ0) is 14.7. The Kier molecular flexibility index (Phi) is 4.84. The van der Waals surface area contributed by atoms with Crippen LogP contribution in [0.15, 0.2) is 6.07 Å². The van der Waals surface area contributed by atoms with Crippen molar-refractivity contribution in [3.05, 3.63) is 17.5 Å². The van der Waals surface area contributed by atoms with Crippen LogP contribution in [-0.4, -0.2) is 21.7 Å². The van der Waals surface area contributed by atoms with E-state index in [-0.39, 0.29) is 5.91 Å². The van der Waals surface area contributed by atoms with Gasteiger partial charge in [0.15, 0.2) is 0 Å². The van der Waals surface area contributed by atoms with Gasteiger partial charge in [-0.3, -0.25) is 9.48 Å². The summed E-state index contributed by atoms with van der Waals surface area (Å²) in [4.78, 5) is 12.5. The third kappa shape index (κ3) is 3.41. The fourth-order valence-electron chi connectivity index (χ4n) is 2.97. The predicted molar refractivity (Wildman–Crippen MR) is 80.9 cm³/mol. The second kappa shape index (κ2) is 6.42. The number of amides is 1. The zero-order valence-corrected chi connectivity index (χ0v) is 13.1. The Hall–Kier alpha value is -1.32. The molecule has 1 aromatic rings. The van der Waals surface area contributed by atoms with E-state index in [1.54, 1.807) is 0 Å². The number of carbonyl (C=O) groups is 1. The summed E-state index contributed by atoms with van der Waals surface area (Å²) < 4.78 is 1.82. The molecular formula is C16H27N3O. The molecule has 112 valence electrons. The highest BCUT2D eigenvalue weighted by Gasteiger charge is 2.23. The van der Waals surface area contributed by atoms with Gasteiger partial charge in [0, 0.05) is 12.6 Å². The van der Waals surface area contributed by atoms with Crippen LogP contribution in [0.2, 0.25) is 0 Å². The molecule has 1 fully saturated rings. The summed E-state index contributed by atoms with van der Waals surface area (Å²) in [7, 11) is 0. The van der Waals surface area contributed by atoms with Gasteiger partial charge in [0.05, 0.1) is 5.69 Å². The highest BCUT2D eigenvalue weighted by atomic mass is 16.2. The van der Waals surface area contributed by atoms with Gasteiger partial charge in [0.1, 0.15) is 5.69 Å². The molecule has 1 aliphatic rings. The molecule has 1 saturated carbocycles. The Morgan fingerprint density at radius 1 is 1.50 bits per heavy atom. The summed E-state index contributed by atoms with van der Waals surface area (Å²) in [5.74, 6) is 1.10. The van der Waals surface area contributed by atoms with Crippen molar-refractivity contribution in [2.75, 3.05) is 0 Å². The molecule has 0 spiro atoms. The first kappa shape index (κ1) is 15.1. The largest absolute Gasteiger partial charge is 0.348 e. The highest BCUT2D eigenvalue weighted by Crippen LogP contribution is 2.24.